The van der Waals surface area contributed by atoms with Gasteiger partial charge in [0.1, 0.15) is 0 Å². The molecule has 1 aromatic heterocycles. The maximum atomic E-state index is 6.29. The molecule has 124 valence electrons. The van der Waals surface area contributed by atoms with E-state index < -0.39 is 0 Å². The summed E-state index contributed by atoms with van der Waals surface area (Å²) in [5.41, 5.74) is 4.36. The highest BCUT2D eigenvalue weighted by Gasteiger charge is 2.61. The number of nitrogens with zero attached hydrogens (tertiary/aromatic N) is 2. The van der Waals surface area contributed by atoms with Crippen molar-refractivity contribution in [3.05, 3.63) is 60.4 Å². The molecule has 2 unspecified atom stereocenters. The quantitative estimate of drug-likeness (QED) is 0.759. The van der Waals surface area contributed by atoms with Gasteiger partial charge in [-0.2, -0.15) is 5.10 Å². The SMILES string of the molecule is C=C1C(C)C23CCO[C@H](c4ccc(-n5cccn5)cc4)[C@H]2C[C@@H]1C3. The Balaban J connectivity index is 1.46. The van der Waals surface area contributed by atoms with Gasteiger partial charge in [0.2, 0.25) is 0 Å². The van der Waals surface area contributed by atoms with Crippen LogP contribution in [0.1, 0.15) is 37.9 Å². The van der Waals surface area contributed by atoms with Crippen LogP contribution in [0, 0.1) is 23.2 Å². The Morgan fingerprint density at radius 2 is 2.12 bits per heavy atom. The number of rotatable bonds is 2. The molecule has 1 saturated heterocycles. The number of aromatic nitrogens is 2. The maximum absolute atomic E-state index is 6.29. The van der Waals surface area contributed by atoms with E-state index in [-0.39, 0.29) is 6.10 Å². The molecule has 24 heavy (non-hydrogen) atoms. The minimum Gasteiger partial charge on any atom is -0.373 e. The number of ether oxygens (including phenoxy) is 1. The standard InChI is InChI=1S/C21H24N2O/c1-14-15(2)21-8-11-24-20(19(21)12-17(14)13-21)16-4-6-18(7-5-16)23-10-3-9-22-23/h3-7,9-10,15,17,19-20H,1,8,11-13H2,2H3/t15?,17-,19-,20-,21?/m1/s1. The van der Waals surface area contributed by atoms with Crippen LogP contribution in [0.3, 0.4) is 0 Å². The Kier molecular flexibility index (Phi) is 3.05. The zero-order chi connectivity index (χ0) is 16.3. The molecule has 1 aromatic carbocycles. The summed E-state index contributed by atoms with van der Waals surface area (Å²) in [6.07, 6.45) is 7.83. The van der Waals surface area contributed by atoms with Gasteiger partial charge in [-0.05, 0) is 66.2 Å². The number of hydrogen-bond donors (Lipinski definition) is 0. The van der Waals surface area contributed by atoms with Crippen LogP contribution in [0.4, 0.5) is 0 Å². The van der Waals surface area contributed by atoms with Crippen molar-refractivity contribution in [3.63, 3.8) is 0 Å². The highest BCUT2D eigenvalue weighted by molar-refractivity contribution is 5.36. The fourth-order valence-electron chi connectivity index (χ4n) is 5.73. The van der Waals surface area contributed by atoms with Gasteiger partial charge in [0.25, 0.3) is 0 Å². The molecule has 2 saturated carbocycles. The zero-order valence-corrected chi connectivity index (χ0v) is 14.2. The predicted octanol–water partition coefficient (Wildman–Crippen LogP) is 4.55. The summed E-state index contributed by atoms with van der Waals surface area (Å²) in [5, 5.41) is 4.31. The van der Waals surface area contributed by atoms with Crippen molar-refractivity contribution >= 4 is 0 Å². The van der Waals surface area contributed by atoms with E-state index in [1.807, 2.05) is 23.1 Å². The highest BCUT2D eigenvalue weighted by Crippen LogP contribution is 2.68. The van der Waals surface area contributed by atoms with Gasteiger partial charge in [-0.3, -0.25) is 0 Å². The third-order valence-corrected chi connectivity index (χ3v) is 7.07. The molecule has 0 radical (unpaired) electrons. The van der Waals surface area contributed by atoms with Gasteiger partial charge in [-0.15, -0.1) is 0 Å². The smallest absolute Gasteiger partial charge is 0.0858 e. The molecule has 3 heteroatoms. The Bertz CT molecular complexity index is 764. The first-order valence-corrected chi connectivity index (χ1v) is 9.09. The molecule has 3 nitrogen and oxygen atoms in total. The van der Waals surface area contributed by atoms with E-state index in [1.165, 1.54) is 30.4 Å². The first-order valence-electron chi connectivity index (χ1n) is 9.09. The van der Waals surface area contributed by atoms with Crippen LogP contribution in [0.5, 0.6) is 0 Å². The monoisotopic (exact) mass is 320 g/mol. The van der Waals surface area contributed by atoms with E-state index in [0.29, 0.717) is 17.3 Å². The van der Waals surface area contributed by atoms with Crippen LogP contribution in [-0.2, 0) is 4.74 Å². The molecule has 1 aliphatic heterocycles. The van der Waals surface area contributed by atoms with Crippen molar-refractivity contribution in [2.24, 2.45) is 23.2 Å². The van der Waals surface area contributed by atoms with Crippen LogP contribution in [-0.4, -0.2) is 16.4 Å². The number of benzene rings is 1. The summed E-state index contributed by atoms with van der Waals surface area (Å²) in [7, 11) is 0. The molecule has 5 atom stereocenters. The molecular formula is C21H24N2O. The molecular weight excluding hydrogens is 296 g/mol. The van der Waals surface area contributed by atoms with E-state index >= 15 is 0 Å². The van der Waals surface area contributed by atoms with Crippen LogP contribution in [0.2, 0.25) is 0 Å². The highest BCUT2D eigenvalue weighted by atomic mass is 16.5. The molecule has 2 heterocycles. The van der Waals surface area contributed by atoms with E-state index in [1.54, 1.807) is 0 Å². The summed E-state index contributed by atoms with van der Waals surface area (Å²) < 4.78 is 8.19. The fourth-order valence-corrected chi connectivity index (χ4v) is 5.73. The van der Waals surface area contributed by atoms with E-state index in [9.17, 15) is 0 Å². The molecule has 0 N–H and O–H groups in total. The lowest BCUT2D eigenvalue weighted by Gasteiger charge is -2.48. The molecule has 2 aromatic rings. The topological polar surface area (TPSA) is 27.1 Å². The largest absolute Gasteiger partial charge is 0.373 e. The van der Waals surface area contributed by atoms with Crippen LogP contribution >= 0.6 is 0 Å². The summed E-state index contributed by atoms with van der Waals surface area (Å²) >= 11 is 0. The van der Waals surface area contributed by atoms with Crippen molar-refractivity contribution in [2.75, 3.05) is 6.61 Å². The third kappa shape index (κ3) is 1.85. The Morgan fingerprint density at radius 3 is 2.83 bits per heavy atom. The minimum absolute atomic E-state index is 0.242. The fraction of sp³-hybridized carbons (Fsp3) is 0.476. The van der Waals surface area contributed by atoms with Gasteiger partial charge >= 0.3 is 0 Å². The number of allylic oxidation sites excluding steroid dienone is 1. The number of fused-ring (bicyclic) bond motifs is 1. The second kappa shape index (κ2) is 5.06. The van der Waals surface area contributed by atoms with Crippen molar-refractivity contribution in [2.45, 2.75) is 32.3 Å². The minimum atomic E-state index is 0.242. The average Bonchev–Trinajstić information content (AvgIpc) is 3.32. The molecule has 3 aliphatic rings. The van der Waals surface area contributed by atoms with Gasteiger partial charge in [0.05, 0.1) is 11.8 Å². The second-order valence-corrected chi connectivity index (χ2v) is 7.86. The van der Waals surface area contributed by atoms with Gasteiger partial charge in [-0.25, -0.2) is 4.68 Å². The van der Waals surface area contributed by atoms with E-state index in [2.05, 4.69) is 42.9 Å². The maximum Gasteiger partial charge on any atom is 0.0858 e. The van der Waals surface area contributed by atoms with Crippen molar-refractivity contribution < 1.29 is 4.74 Å². The first-order chi connectivity index (χ1) is 11.7. The first kappa shape index (κ1) is 14.5. The average molecular weight is 320 g/mol. The Hall–Kier alpha value is -1.87. The normalized spacial score (nSPS) is 37.6. The van der Waals surface area contributed by atoms with E-state index in [0.717, 1.165) is 18.2 Å². The molecule has 1 spiro atoms. The predicted molar refractivity (Wildman–Crippen MR) is 93.8 cm³/mol. The van der Waals surface area contributed by atoms with Crippen LogP contribution in [0.15, 0.2) is 54.9 Å². The molecule has 0 amide bonds. The third-order valence-electron chi connectivity index (χ3n) is 7.07. The van der Waals surface area contributed by atoms with Gasteiger partial charge in [0, 0.05) is 19.0 Å². The summed E-state index contributed by atoms with van der Waals surface area (Å²) in [5.74, 6) is 2.01. The lowest BCUT2D eigenvalue weighted by molar-refractivity contribution is -0.106. The molecule has 5 rings (SSSR count). The van der Waals surface area contributed by atoms with Crippen molar-refractivity contribution in [1.82, 2.24) is 9.78 Å². The van der Waals surface area contributed by atoms with Gasteiger partial charge in [-0.1, -0.05) is 31.2 Å². The number of hydrogen-bond acceptors (Lipinski definition) is 2. The van der Waals surface area contributed by atoms with Gasteiger partial charge < -0.3 is 4.74 Å². The lowest BCUT2D eigenvalue weighted by Crippen LogP contribution is -2.42. The summed E-state index contributed by atoms with van der Waals surface area (Å²) in [6, 6.07) is 10.7. The zero-order valence-electron chi connectivity index (χ0n) is 14.2. The molecule has 3 fully saturated rings. The van der Waals surface area contributed by atoms with Crippen molar-refractivity contribution in [3.8, 4) is 5.69 Å². The summed E-state index contributed by atoms with van der Waals surface area (Å²) in [4.78, 5) is 0. The summed E-state index contributed by atoms with van der Waals surface area (Å²) in [6.45, 7) is 7.67. The van der Waals surface area contributed by atoms with E-state index in [4.69, 9.17) is 4.74 Å². The van der Waals surface area contributed by atoms with Crippen LogP contribution in [0.25, 0.3) is 5.69 Å². The van der Waals surface area contributed by atoms with Crippen molar-refractivity contribution in [1.29, 1.82) is 0 Å². The molecule has 2 aliphatic carbocycles. The molecule has 2 bridgehead atoms. The van der Waals surface area contributed by atoms with Crippen LogP contribution < -0.4 is 0 Å². The van der Waals surface area contributed by atoms with Gasteiger partial charge in [0.15, 0.2) is 0 Å². The second-order valence-electron chi connectivity index (χ2n) is 7.86. The Labute approximate surface area is 143 Å². The lowest BCUT2D eigenvalue weighted by atomic mass is 9.62. The Morgan fingerprint density at radius 1 is 1.29 bits per heavy atom.